The Labute approximate surface area is 389 Å². The summed E-state index contributed by atoms with van der Waals surface area (Å²) in [5.74, 6) is 0. The van der Waals surface area contributed by atoms with Crippen molar-refractivity contribution in [2.75, 3.05) is 0 Å². The Morgan fingerprint density at radius 1 is 0.438 bits per heavy atom. The topological polar surface area (TPSA) is 22.8 Å². The van der Waals surface area contributed by atoms with Crippen LogP contribution in [0.5, 0.6) is 0 Å². The van der Waals surface area contributed by atoms with E-state index in [1.54, 1.807) is 0 Å². The van der Waals surface area contributed by atoms with Crippen LogP contribution in [-0.4, -0.2) is 29.0 Å². The zero-order chi connectivity index (χ0) is 44.2. The number of para-hydroxylation sites is 4. The van der Waals surface area contributed by atoms with Crippen LogP contribution in [0, 0.1) is 0 Å². The Balaban J connectivity index is 0.000000704. The largest absolute Gasteiger partial charge is 0.309 e. The molecule has 11 aromatic rings. The number of nitrogens with zero attached hydrogens (tertiary/aromatic N) is 3. The molecule has 0 bridgehead atoms. The van der Waals surface area contributed by atoms with E-state index in [1.165, 1.54) is 89.1 Å². The standard InChI is InChI=1S/C54H35N3.C3H8.C2H6.HSSe/c1-2-13-35(14-3-1)41-19-12-30-55-54(41)45-18-7-11-23-52(45)57-51-22-10-6-17-44(51)48-33-37(27-29-53(48)57)36-24-25-38-31-39-26-28-40(34-47(39)46(38)32-36)56-49-20-8-4-15-42(49)43-16-5-9-21-50(43)56;1-3-2;2*1-2/h1-30,32-34H,31H2;3H2,1-2H3;1-2H3;1H. The molecular weight excluding hydrogens is 862 g/mol. The van der Waals surface area contributed by atoms with E-state index in [0.29, 0.717) is 0 Å². The van der Waals surface area contributed by atoms with Crippen LogP contribution in [0.3, 0.4) is 0 Å². The number of thiol groups is 1. The van der Waals surface area contributed by atoms with Crippen molar-refractivity contribution in [3.8, 4) is 56.0 Å². The van der Waals surface area contributed by atoms with Gasteiger partial charge in [-0.05, 0) is 106 Å². The van der Waals surface area contributed by atoms with Gasteiger partial charge < -0.3 is 9.13 Å². The molecule has 0 unspecified atom stereocenters. The smallest absolute Gasteiger partial charge is 0.0801 e. The van der Waals surface area contributed by atoms with E-state index in [2.05, 4.69) is 237 Å². The first-order chi connectivity index (χ1) is 31.7. The van der Waals surface area contributed by atoms with Crippen molar-refractivity contribution in [1.29, 1.82) is 0 Å². The molecule has 0 amide bonds. The van der Waals surface area contributed by atoms with Crippen LogP contribution in [0.25, 0.3) is 99.6 Å². The van der Waals surface area contributed by atoms with Crippen molar-refractivity contribution >= 4 is 69.6 Å². The number of hydrogen-bond donors (Lipinski definition) is 1. The molecule has 3 nitrogen and oxygen atoms in total. The van der Waals surface area contributed by atoms with Gasteiger partial charge in [-0.1, -0.05) is 168 Å². The van der Waals surface area contributed by atoms with Crippen LogP contribution >= 0.6 is 11.0 Å². The van der Waals surface area contributed by atoms with E-state index in [9.17, 15) is 0 Å². The summed E-state index contributed by atoms with van der Waals surface area (Å²) in [7, 11) is 0. The summed E-state index contributed by atoms with van der Waals surface area (Å²) >= 11 is 5.72. The van der Waals surface area contributed by atoms with Gasteiger partial charge in [0.05, 0.1) is 33.4 Å². The second kappa shape index (κ2) is 19.0. The number of benzene rings is 8. The third kappa shape index (κ3) is 7.54. The number of aromatic nitrogens is 3. The van der Waals surface area contributed by atoms with E-state index >= 15 is 0 Å². The van der Waals surface area contributed by atoms with E-state index < -0.39 is 0 Å². The first kappa shape index (κ1) is 42.7. The molecule has 0 fully saturated rings. The third-order valence-electron chi connectivity index (χ3n) is 12.0. The molecule has 0 N–H and O–H groups in total. The first-order valence-corrected chi connectivity index (χ1v) is 24.9. The van der Waals surface area contributed by atoms with Gasteiger partial charge in [0.25, 0.3) is 0 Å². The maximum atomic E-state index is 4.99. The third-order valence-corrected chi connectivity index (χ3v) is 12.0. The predicted molar refractivity (Wildman–Crippen MR) is 280 cm³/mol. The zero-order valence-corrected chi connectivity index (χ0v) is 39.3. The molecule has 313 valence electrons. The van der Waals surface area contributed by atoms with Gasteiger partial charge in [-0.3, -0.25) is 4.98 Å². The molecule has 0 atom stereocenters. The Kier molecular flexibility index (Phi) is 12.7. The maximum absolute atomic E-state index is 4.99. The van der Waals surface area contributed by atoms with Crippen molar-refractivity contribution in [3.05, 3.63) is 211 Å². The minimum atomic E-state index is 0.951. The Hall–Kier alpha value is -6.62. The van der Waals surface area contributed by atoms with Crippen molar-refractivity contribution in [3.63, 3.8) is 0 Å². The predicted octanol–water partition coefficient (Wildman–Crippen LogP) is 16.3. The minimum absolute atomic E-state index is 0.951. The van der Waals surface area contributed by atoms with Crippen LogP contribution < -0.4 is 0 Å². The van der Waals surface area contributed by atoms with Gasteiger partial charge >= 0.3 is 25.9 Å². The van der Waals surface area contributed by atoms with Gasteiger partial charge in [0.15, 0.2) is 0 Å². The van der Waals surface area contributed by atoms with E-state index in [1.807, 2.05) is 26.1 Å². The fourth-order valence-electron chi connectivity index (χ4n) is 9.43. The molecule has 0 aliphatic heterocycles. The summed E-state index contributed by atoms with van der Waals surface area (Å²) in [5, 5.41) is 5.03. The zero-order valence-electron chi connectivity index (χ0n) is 36.7. The van der Waals surface area contributed by atoms with Crippen molar-refractivity contribution in [2.45, 2.75) is 40.5 Å². The van der Waals surface area contributed by atoms with Crippen LogP contribution in [0.15, 0.2) is 200 Å². The van der Waals surface area contributed by atoms with Gasteiger partial charge in [-0.25, -0.2) is 0 Å². The molecule has 12 rings (SSSR count). The van der Waals surface area contributed by atoms with E-state index in [-0.39, 0.29) is 0 Å². The first-order valence-electron chi connectivity index (χ1n) is 22.3. The quantitative estimate of drug-likeness (QED) is 0.135. The van der Waals surface area contributed by atoms with Crippen LogP contribution in [0.1, 0.15) is 45.2 Å². The Morgan fingerprint density at radius 2 is 0.938 bits per heavy atom. The van der Waals surface area contributed by atoms with Crippen molar-refractivity contribution < 1.29 is 0 Å². The SMILES string of the molecule is CC.CCC.S[Se].c1ccc(-c2cccnc2-c2ccccc2-n2c3ccccc3c3cc(-c4ccc5c(c4)-c4cc(-n6c7ccccc7c7ccccc76)ccc4C5)ccc32)cc1. The maximum Gasteiger partial charge on any atom is 0.0801 e. The van der Waals surface area contributed by atoms with Gasteiger partial charge in [0.2, 0.25) is 0 Å². The van der Waals surface area contributed by atoms with Crippen LogP contribution in [-0.2, 0) is 6.42 Å². The van der Waals surface area contributed by atoms with Gasteiger partial charge in [-0.2, -0.15) is 0 Å². The number of rotatable bonds is 5. The monoisotopic (exact) mass is 912 g/mol. The average molecular weight is 912 g/mol. The molecule has 64 heavy (non-hydrogen) atoms. The molecule has 1 aliphatic rings. The molecule has 0 saturated carbocycles. The molecule has 3 heterocycles. The molecule has 8 aromatic carbocycles. The fraction of sp³-hybridized carbons (Fsp3) is 0.102. The summed E-state index contributed by atoms with van der Waals surface area (Å²) in [6.07, 6.45) is 4.10. The second-order valence-corrected chi connectivity index (χ2v) is 15.8. The van der Waals surface area contributed by atoms with Gasteiger partial charge in [-0.15, -0.1) is 0 Å². The summed E-state index contributed by atoms with van der Waals surface area (Å²) in [6.45, 7) is 8.25. The van der Waals surface area contributed by atoms with Crippen LogP contribution in [0.4, 0.5) is 0 Å². The fourth-order valence-corrected chi connectivity index (χ4v) is 9.43. The summed E-state index contributed by atoms with van der Waals surface area (Å²) < 4.78 is 4.84. The van der Waals surface area contributed by atoms with Gasteiger partial charge in [0.1, 0.15) is 0 Å². The normalized spacial score (nSPS) is 11.3. The Morgan fingerprint density at radius 3 is 1.62 bits per heavy atom. The van der Waals surface area contributed by atoms with Crippen molar-refractivity contribution in [1.82, 2.24) is 14.1 Å². The molecule has 1 radical (unpaired) electrons. The summed E-state index contributed by atoms with van der Waals surface area (Å²) in [4.78, 5) is 4.99. The number of hydrogen-bond acceptors (Lipinski definition) is 2. The molecular formula is C59H50N3SSe. The van der Waals surface area contributed by atoms with Gasteiger partial charge in [0, 0.05) is 44.6 Å². The molecule has 1 aliphatic carbocycles. The Bertz CT molecular complexity index is 3360. The average Bonchev–Trinajstić information content (AvgIpc) is 4.02. The number of pyridine rings is 1. The van der Waals surface area contributed by atoms with E-state index in [0.717, 1.165) is 34.5 Å². The summed E-state index contributed by atoms with van der Waals surface area (Å²) in [6, 6.07) is 70.8. The molecule has 0 spiro atoms. The van der Waals surface area contributed by atoms with E-state index in [4.69, 9.17) is 4.98 Å². The molecule has 0 saturated heterocycles. The molecule has 3 aromatic heterocycles. The minimum Gasteiger partial charge on any atom is -0.309 e. The van der Waals surface area contributed by atoms with Crippen molar-refractivity contribution in [2.24, 2.45) is 0 Å². The van der Waals surface area contributed by atoms with Crippen LogP contribution in [0.2, 0.25) is 0 Å². The molecule has 5 heteroatoms. The second-order valence-electron chi connectivity index (χ2n) is 15.8. The number of fused-ring (bicyclic) bond motifs is 9. The summed E-state index contributed by atoms with van der Waals surface area (Å²) in [5.41, 5.74) is 19.3.